The number of likely N-dealkylation sites (tertiary alicyclic amines) is 1. The molecule has 39 heavy (non-hydrogen) atoms. The molecule has 4 aromatic rings. The number of carbonyl (C=O) groups is 1. The molecular formula is C30H32ClN5O3. The molecule has 0 N–H and O–H groups in total. The highest BCUT2D eigenvalue weighted by molar-refractivity contribution is 6.34. The zero-order valence-electron chi connectivity index (χ0n) is 22.6. The van der Waals surface area contributed by atoms with E-state index >= 15 is 0 Å². The molecule has 202 valence electrons. The van der Waals surface area contributed by atoms with Crippen LogP contribution in [-0.4, -0.2) is 62.0 Å². The number of hydrogen-bond donors (Lipinski definition) is 0. The van der Waals surface area contributed by atoms with Gasteiger partial charge in [-0.1, -0.05) is 23.4 Å². The van der Waals surface area contributed by atoms with Crippen LogP contribution in [0, 0.1) is 11.8 Å². The third-order valence-corrected chi connectivity index (χ3v) is 7.61. The summed E-state index contributed by atoms with van der Waals surface area (Å²) in [5, 5.41) is 1.22. The van der Waals surface area contributed by atoms with Crippen LogP contribution in [0.5, 0.6) is 0 Å². The van der Waals surface area contributed by atoms with Gasteiger partial charge >= 0.3 is 6.09 Å². The monoisotopic (exact) mass is 545 g/mol. The number of nitrogens with zero attached hydrogens (tertiary/aromatic N) is 5. The van der Waals surface area contributed by atoms with Crippen LogP contribution in [0.2, 0.25) is 5.15 Å². The summed E-state index contributed by atoms with van der Waals surface area (Å²) in [5.74, 6) is 6.65. The van der Waals surface area contributed by atoms with Crippen molar-refractivity contribution in [2.45, 2.75) is 63.8 Å². The lowest BCUT2D eigenvalue weighted by Crippen LogP contribution is -2.41. The Kier molecular flexibility index (Phi) is 6.52. The van der Waals surface area contributed by atoms with Crippen LogP contribution < -0.4 is 0 Å². The third kappa shape index (κ3) is 5.09. The van der Waals surface area contributed by atoms with Crippen LogP contribution in [0.1, 0.15) is 63.2 Å². The van der Waals surface area contributed by atoms with Crippen molar-refractivity contribution in [2.24, 2.45) is 0 Å². The maximum absolute atomic E-state index is 13.0. The second kappa shape index (κ2) is 9.89. The van der Waals surface area contributed by atoms with E-state index in [0.29, 0.717) is 24.3 Å². The summed E-state index contributed by atoms with van der Waals surface area (Å²) in [5.41, 5.74) is 4.15. The number of halogens is 1. The normalized spacial score (nSPS) is 19.5. The summed E-state index contributed by atoms with van der Waals surface area (Å²) in [6.07, 6.45) is 8.49. The van der Waals surface area contributed by atoms with E-state index in [1.807, 2.05) is 51.5 Å². The van der Waals surface area contributed by atoms with E-state index in [0.717, 1.165) is 39.5 Å². The van der Waals surface area contributed by atoms with Gasteiger partial charge in [0.25, 0.3) is 0 Å². The fourth-order valence-electron chi connectivity index (χ4n) is 5.44. The summed E-state index contributed by atoms with van der Waals surface area (Å²) in [6, 6.07) is 8.62. The van der Waals surface area contributed by atoms with Gasteiger partial charge in [-0.2, -0.15) is 0 Å². The Morgan fingerprint density at radius 3 is 2.67 bits per heavy atom. The molecule has 1 saturated carbocycles. The molecule has 0 radical (unpaired) electrons. The van der Waals surface area contributed by atoms with Crippen LogP contribution >= 0.6 is 11.6 Å². The summed E-state index contributed by atoms with van der Waals surface area (Å²) < 4.78 is 15.6. The van der Waals surface area contributed by atoms with Gasteiger partial charge in [-0.05, 0) is 64.3 Å². The molecule has 3 aromatic heterocycles. The van der Waals surface area contributed by atoms with E-state index in [9.17, 15) is 4.79 Å². The number of fused-ring (bicyclic) bond motifs is 2. The predicted octanol–water partition coefficient (Wildman–Crippen LogP) is 5.97. The van der Waals surface area contributed by atoms with Gasteiger partial charge in [0, 0.05) is 37.7 Å². The maximum atomic E-state index is 13.0. The Morgan fingerprint density at radius 1 is 1.10 bits per heavy atom. The van der Waals surface area contributed by atoms with E-state index in [2.05, 4.69) is 37.0 Å². The van der Waals surface area contributed by atoms with Gasteiger partial charge < -0.3 is 23.5 Å². The van der Waals surface area contributed by atoms with Gasteiger partial charge in [0.2, 0.25) is 0 Å². The number of amides is 1. The Morgan fingerprint density at radius 2 is 1.92 bits per heavy atom. The van der Waals surface area contributed by atoms with Crippen molar-refractivity contribution in [3.8, 4) is 11.8 Å². The highest BCUT2D eigenvalue weighted by atomic mass is 35.5. The summed E-state index contributed by atoms with van der Waals surface area (Å²) >= 11 is 6.60. The van der Waals surface area contributed by atoms with Crippen molar-refractivity contribution in [2.75, 3.05) is 20.3 Å². The Balaban J connectivity index is 1.33. The molecule has 0 bridgehead atoms. The largest absolute Gasteiger partial charge is 0.444 e. The van der Waals surface area contributed by atoms with Gasteiger partial charge in [0.1, 0.15) is 10.8 Å². The summed E-state index contributed by atoms with van der Waals surface area (Å²) in [7, 11) is 1.65. The van der Waals surface area contributed by atoms with Crippen molar-refractivity contribution in [1.29, 1.82) is 0 Å². The molecule has 2 atom stereocenters. The molecule has 1 aromatic carbocycles. The first-order valence-corrected chi connectivity index (χ1v) is 13.7. The maximum Gasteiger partial charge on any atom is 0.410 e. The molecule has 1 aliphatic carbocycles. The van der Waals surface area contributed by atoms with E-state index in [1.165, 1.54) is 12.8 Å². The van der Waals surface area contributed by atoms with Gasteiger partial charge in [-0.3, -0.25) is 0 Å². The summed E-state index contributed by atoms with van der Waals surface area (Å²) in [6.45, 7) is 6.56. The third-order valence-electron chi connectivity index (χ3n) is 7.33. The molecule has 1 amide bonds. The number of ether oxygens (including phenoxy) is 2. The molecule has 0 spiro atoms. The zero-order chi connectivity index (χ0) is 27.3. The Labute approximate surface area is 232 Å². The molecule has 6 rings (SSSR count). The van der Waals surface area contributed by atoms with Gasteiger partial charge in [-0.25, -0.2) is 14.8 Å². The number of carbonyl (C=O) groups excluding carboxylic acids is 1. The van der Waals surface area contributed by atoms with Crippen molar-refractivity contribution >= 4 is 39.6 Å². The molecule has 4 heterocycles. The average molecular weight is 546 g/mol. The van der Waals surface area contributed by atoms with Crippen LogP contribution in [0.25, 0.3) is 21.9 Å². The SMILES string of the molecule is COC[C@H]1C[C@H](n2cc(C#Cc3ccc4c(c3)ncn4C3CC3)c3c(Cl)nccc32)CN1C(=O)OC(C)(C)C. The first-order chi connectivity index (χ1) is 18.7. The highest BCUT2D eigenvalue weighted by Crippen LogP contribution is 2.37. The van der Waals surface area contributed by atoms with E-state index in [4.69, 9.17) is 21.1 Å². The first-order valence-electron chi connectivity index (χ1n) is 13.3. The van der Waals surface area contributed by atoms with Crippen molar-refractivity contribution < 1.29 is 14.3 Å². The second-order valence-corrected chi connectivity index (χ2v) is 11.8. The quantitative estimate of drug-likeness (QED) is 0.233. The number of imidazole rings is 1. The molecule has 0 unspecified atom stereocenters. The molecule has 2 aliphatic rings. The number of benzene rings is 1. The topological polar surface area (TPSA) is 74.4 Å². The fraction of sp³-hybridized carbons (Fsp3) is 0.433. The molecule has 8 nitrogen and oxygen atoms in total. The van der Waals surface area contributed by atoms with Gasteiger partial charge in [0.05, 0.1) is 52.5 Å². The van der Waals surface area contributed by atoms with Crippen LogP contribution in [-0.2, 0) is 9.47 Å². The minimum atomic E-state index is -0.575. The minimum absolute atomic E-state index is 0.0110. The number of pyridine rings is 1. The average Bonchev–Trinajstić information content (AvgIpc) is 3.33. The second-order valence-electron chi connectivity index (χ2n) is 11.4. The molecule has 1 saturated heterocycles. The first kappa shape index (κ1) is 25.7. The lowest BCUT2D eigenvalue weighted by molar-refractivity contribution is 0.0146. The number of rotatable bonds is 4. The number of aromatic nitrogens is 4. The standard InChI is InChI=1S/C30H32ClN5O3/c1-30(2,3)39-29(37)35-16-22(14-23(35)17-38-4)34-15-20(27-26(34)11-12-32-28(27)31)7-5-19-6-10-25-24(13-19)33-18-36(25)21-8-9-21/h6,10-13,15,18,21-23H,8-9,14,16-17H2,1-4H3/t22-,23+/m0/s1. The lowest BCUT2D eigenvalue weighted by Gasteiger charge is -2.28. The van der Waals surface area contributed by atoms with E-state index < -0.39 is 5.60 Å². The van der Waals surface area contributed by atoms with E-state index in [-0.39, 0.29) is 18.2 Å². The smallest absolute Gasteiger partial charge is 0.410 e. The highest BCUT2D eigenvalue weighted by Gasteiger charge is 2.39. The minimum Gasteiger partial charge on any atom is -0.444 e. The van der Waals surface area contributed by atoms with Crippen LogP contribution in [0.4, 0.5) is 4.79 Å². The van der Waals surface area contributed by atoms with Gasteiger partial charge in [-0.15, -0.1) is 0 Å². The van der Waals surface area contributed by atoms with Gasteiger partial charge in [0.15, 0.2) is 0 Å². The molecule has 9 heteroatoms. The molecule has 2 fully saturated rings. The molecular weight excluding hydrogens is 514 g/mol. The van der Waals surface area contributed by atoms with Crippen molar-refractivity contribution in [3.63, 3.8) is 0 Å². The zero-order valence-corrected chi connectivity index (χ0v) is 23.4. The van der Waals surface area contributed by atoms with Crippen LogP contribution in [0.15, 0.2) is 43.0 Å². The van der Waals surface area contributed by atoms with Crippen LogP contribution in [0.3, 0.4) is 0 Å². The van der Waals surface area contributed by atoms with E-state index in [1.54, 1.807) is 18.2 Å². The number of hydrogen-bond acceptors (Lipinski definition) is 5. The fourth-order valence-corrected chi connectivity index (χ4v) is 5.70. The number of methoxy groups -OCH3 is 1. The van der Waals surface area contributed by atoms with Crippen molar-refractivity contribution in [3.05, 3.63) is 59.3 Å². The predicted molar refractivity (Wildman–Crippen MR) is 151 cm³/mol. The molecule has 1 aliphatic heterocycles. The summed E-state index contributed by atoms with van der Waals surface area (Å²) in [4.78, 5) is 23.7. The van der Waals surface area contributed by atoms with Crippen molar-refractivity contribution in [1.82, 2.24) is 24.0 Å². The Hall–Kier alpha value is -3.54. The lowest BCUT2D eigenvalue weighted by atomic mass is 10.1. The Bertz CT molecular complexity index is 1620.